The van der Waals surface area contributed by atoms with Gasteiger partial charge in [0.15, 0.2) is 0 Å². The predicted octanol–water partition coefficient (Wildman–Crippen LogP) is 5.36. The van der Waals surface area contributed by atoms with Crippen molar-refractivity contribution in [3.63, 3.8) is 0 Å². The highest BCUT2D eigenvalue weighted by Crippen LogP contribution is 2.43. The summed E-state index contributed by atoms with van der Waals surface area (Å²) in [5.41, 5.74) is 1.69. The second kappa shape index (κ2) is 6.27. The maximum Gasteiger partial charge on any atom is 0.142 e. The molecule has 3 rings (SSSR count). The van der Waals surface area contributed by atoms with Crippen LogP contribution in [0.25, 0.3) is 0 Å². The Morgan fingerprint density at radius 3 is 1.91 bits per heavy atom. The number of nitrogens with one attached hydrogen (secondary N) is 1. The third-order valence-corrected chi connectivity index (χ3v) is 5.18. The third kappa shape index (κ3) is 3.30. The first kappa shape index (κ1) is 16.5. The fourth-order valence-electron chi connectivity index (χ4n) is 3.16. The minimum absolute atomic E-state index is 0.00605. The fourth-order valence-corrected chi connectivity index (χ4v) is 3.41. The highest BCUT2D eigenvalue weighted by atomic mass is 35.5. The first-order valence-electron chi connectivity index (χ1n) is 7.68. The highest BCUT2D eigenvalue weighted by Gasteiger charge is 2.43. The molecule has 0 amide bonds. The molecule has 2 aromatic carbocycles. The van der Waals surface area contributed by atoms with Gasteiger partial charge in [-0.2, -0.15) is 0 Å². The van der Waals surface area contributed by atoms with Crippen LogP contribution in [0.15, 0.2) is 48.5 Å². The lowest BCUT2D eigenvalue weighted by molar-refractivity contribution is -0.132. The van der Waals surface area contributed by atoms with Crippen LogP contribution in [-0.2, 0) is 4.79 Å². The Morgan fingerprint density at radius 2 is 1.39 bits per heavy atom. The Hall–Kier alpha value is -1.35. The number of rotatable bonds is 2. The number of halogens is 2. The van der Waals surface area contributed by atoms with Crippen LogP contribution >= 0.6 is 23.2 Å². The number of benzene rings is 2. The minimum Gasteiger partial charge on any atom is -0.302 e. The molecular weight excluding hydrogens is 329 g/mol. The lowest BCUT2D eigenvalue weighted by Gasteiger charge is -2.42. The maximum absolute atomic E-state index is 12.7. The van der Waals surface area contributed by atoms with Gasteiger partial charge in [-0.15, -0.1) is 0 Å². The molecule has 1 saturated heterocycles. The summed E-state index contributed by atoms with van der Waals surface area (Å²) < 4.78 is 0. The number of piperidine rings is 1. The summed E-state index contributed by atoms with van der Waals surface area (Å²) in [5.74, 6) is 0.260. The van der Waals surface area contributed by atoms with Gasteiger partial charge < -0.3 is 5.32 Å². The van der Waals surface area contributed by atoms with Crippen molar-refractivity contribution in [2.75, 3.05) is 0 Å². The number of carbonyl (C=O) groups is 1. The van der Waals surface area contributed by atoms with Crippen LogP contribution < -0.4 is 5.32 Å². The van der Waals surface area contributed by atoms with Crippen LogP contribution in [0.4, 0.5) is 0 Å². The molecule has 1 aliphatic rings. The van der Waals surface area contributed by atoms with Gasteiger partial charge in [0.05, 0.1) is 0 Å². The molecule has 2 atom stereocenters. The minimum atomic E-state index is -0.462. The Kier molecular flexibility index (Phi) is 4.50. The fraction of sp³-hybridized carbons (Fsp3) is 0.316. The van der Waals surface area contributed by atoms with Gasteiger partial charge in [0.1, 0.15) is 5.78 Å². The van der Waals surface area contributed by atoms with Crippen LogP contribution in [0.3, 0.4) is 0 Å². The van der Waals surface area contributed by atoms with Gasteiger partial charge in [-0.05, 0) is 35.4 Å². The van der Waals surface area contributed by atoms with Crippen LogP contribution in [-0.4, -0.2) is 5.78 Å². The molecular formula is C19H19Cl2NO. The summed E-state index contributed by atoms with van der Waals surface area (Å²) >= 11 is 12.0. The van der Waals surface area contributed by atoms with E-state index >= 15 is 0 Å². The number of ketones is 1. The van der Waals surface area contributed by atoms with Crippen molar-refractivity contribution in [2.45, 2.75) is 32.4 Å². The summed E-state index contributed by atoms with van der Waals surface area (Å²) in [6.07, 6.45) is 0.485. The SMILES string of the molecule is CC1(C)C(=O)CC(c2ccc(Cl)cc2)NC1c1ccc(Cl)cc1. The molecule has 1 N–H and O–H groups in total. The van der Waals surface area contributed by atoms with Gasteiger partial charge in [0.25, 0.3) is 0 Å². The van der Waals surface area contributed by atoms with E-state index in [2.05, 4.69) is 5.32 Å². The van der Waals surface area contributed by atoms with Gasteiger partial charge in [-0.25, -0.2) is 0 Å². The number of hydrogen-bond donors (Lipinski definition) is 1. The van der Waals surface area contributed by atoms with Crippen molar-refractivity contribution in [3.05, 3.63) is 69.7 Å². The summed E-state index contributed by atoms with van der Waals surface area (Å²) in [4.78, 5) is 12.7. The smallest absolute Gasteiger partial charge is 0.142 e. The monoisotopic (exact) mass is 347 g/mol. The molecule has 120 valence electrons. The molecule has 23 heavy (non-hydrogen) atoms. The second-order valence-corrected chi connectivity index (χ2v) is 7.48. The molecule has 2 unspecified atom stereocenters. The van der Waals surface area contributed by atoms with Crippen LogP contribution in [0, 0.1) is 5.41 Å². The molecule has 0 spiro atoms. The molecule has 0 aromatic heterocycles. The van der Waals surface area contributed by atoms with E-state index < -0.39 is 5.41 Å². The van der Waals surface area contributed by atoms with E-state index in [4.69, 9.17) is 23.2 Å². The summed E-state index contributed by atoms with van der Waals surface area (Å²) in [6.45, 7) is 4.00. The predicted molar refractivity (Wildman–Crippen MR) is 94.9 cm³/mol. The average molecular weight is 348 g/mol. The molecule has 1 fully saturated rings. The largest absolute Gasteiger partial charge is 0.302 e. The van der Waals surface area contributed by atoms with Gasteiger partial charge in [-0.3, -0.25) is 4.79 Å². The molecule has 2 nitrogen and oxygen atoms in total. The van der Waals surface area contributed by atoms with Crippen molar-refractivity contribution >= 4 is 29.0 Å². The molecule has 0 aliphatic carbocycles. The van der Waals surface area contributed by atoms with E-state index in [1.165, 1.54) is 0 Å². The molecule has 4 heteroatoms. The summed E-state index contributed by atoms with van der Waals surface area (Å²) in [6, 6.07) is 15.3. The summed E-state index contributed by atoms with van der Waals surface area (Å²) in [5, 5.41) is 5.04. The molecule has 1 aliphatic heterocycles. The van der Waals surface area contributed by atoms with Crippen molar-refractivity contribution in [2.24, 2.45) is 5.41 Å². The molecule has 2 aromatic rings. The molecule has 0 saturated carbocycles. The molecule has 0 radical (unpaired) electrons. The average Bonchev–Trinajstić information content (AvgIpc) is 2.52. The first-order chi connectivity index (χ1) is 10.9. The van der Waals surface area contributed by atoms with Crippen LogP contribution in [0.2, 0.25) is 10.0 Å². The van der Waals surface area contributed by atoms with Gasteiger partial charge >= 0.3 is 0 Å². The van der Waals surface area contributed by atoms with Gasteiger partial charge in [0, 0.05) is 34.0 Å². The van der Waals surface area contributed by atoms with Crippen molar-refractivity contribution < 1.29 is 4.79 Å². The quantitative estimate of drug-likeness (QED) is 0.791. The van der Waals surface area contributed by atoms with Crippen molar-refractivity contribution in [3.8, 4) is 0 Å². The Bertz CT molecular complexity index is 707. The Balaban J connectivity index is 1.94. The topological polar surface area (TPSA) is 29.1 Å². The number of hydrogen-bond acceptors (Lipinski definition) is 2. The maximum atomic E-state index is 12.7. The van der Waals surface area contributed by atoms with Crippen LogP contribution in [0.1, 0.15) is 43.5 Å². The normalized spacial score (nSPS) is 23.7. The lowest BCUT2D eigenvalue weighted by atomic mass is 9.71. The van der Waals surface area contributed by atoms with Crippen LogP contribution in [0.5, 0.6) is 0 Å². The summed E-state index contributed by atoms with van der Waals surface area (Å²) in [7, 11) is 0. The number of Topliss-reactive ketones (excluding diaryl/α,β-unsaturated/α-hetero) is 1. The lowest BCUT2D eigenvalue weighted by Crippen LogP contribution is -2.47. The van der Waals surface area contributed by atoms with Crippen molar-refractivity contribution in [1.29, 1.82) is 0 Å². The van der Waals surface area contributed by atoms with Gasteiger partial charge in [0.2, 0.25) is 0 Å². The molecule has 1 heterocycles. The second-order valence-electron chi connectivity index (χ2n) is 6.60. The zero-order valence-corrected chi connectivity index (χ0v) is 14.7. The van der Waals surface area contributed by atoms with Gasteiger partial charge in [-0.1, -0.05) is 61.3 Å². The Morgan fingerprint density at radius 1 is 0.913 bits per heavy atom. The van der Waals surface area contributed by atoms with E-state index in [0.717, 1.165) is 11.1 Å². The molecule has 0 bridgehead atoms. The van der Waals surface area contributed by atoms with E-state index in [1.54, 1.807) is 0 Å². The number of carbonyl (C=O) groups excluding carboxylic acids is 1. The van der Waals surface area contributed by atoms with E-state index in [9.17, 15) is 4.79 Å². The zero-order valence-electron chi connectivity index (χ0n) is 13.1. The standard InChI is InChI=1S/C19H19Cl2NO/c1-19(2)17(23)11-16(12-3-7-14(20)8-4-12)22-18(19)13-5-9-15(21)10-6-13/h3-10,16,18,22H,11H2,1-2H3. The zero-order chi connectivity index (χ0) is 16.6. The van der Waals surface area contributed by atoms with E-state index in [-0.39, 0.29) is 17.9 Å². The first-order valence-corrected chi connectivity index (χ1v) is 8.44. The third-order valence-electron chi connectivity index (χ3n) is 4.67. The van der Waals surface area contributed by atoms with E-state index in [0.29, 0.717) is 16.5 Å². The van der Waals surface area contributed by atoms with Crippen molar-refractivity contribution in [1.82, 2.24) is 5.32 Å². The highest BCUT2D eigenvalue weighted by molar-refractivity contribution is 6.30. The van der Waals surface area contributed by atoms with E-state index in [1.807, 2.05) is 62.4 Å². The Labute approximate surface area is 146 Å².